The van der Waals surface area contributed by atoms with Crippen LogP contribution < -0.4 is 5.32 Å². The Labute approximate surface area is 107 Å². The molecule has 6 nitrogen and oxygen atoms in total. The predicted octanol–water partition coefficient (Wildman–Crippen LogP) is 2.71. The third-order valence-electron chi connectivity index (χ3n) is 3.71. The number of rotatable bonds is 4. The first kappa shape index (κ1) is 12.9. The van der Waals surface area contributed by atoms with E-state index >= 15 is 0 Å². The van der Waals surface area contributed by atoms with Crippen LogP contribution in [-0.2, 0) is 7.05 Å². The van der Waals surface area contributed by atoms with Crippen LogP contribution in [0.25, 0.3) is 0 Å². The van der Waals surface area contributed by atoms with Crippen LogP contribution in [0.3, 0.4) is 0 Å². The van der Waals surface area contributed by atoms with Crippen molar-refractivity contribution in [1.82, 2.24) is 9.78 Å². The topological polar surface area (TPSA) is 73.0 Å². The number of hydrogen-bond donors (Lipinski definition) is 1. The zero-order valence-corrected chi connectivity index (χ0v) is 10.9. The monoisotopic (exact) mass is 252 g/mol. The molecule has 1 aromatic heterocycles. The normalized spacial score (nSPS) is 23.9. The van der Waals surface area contributed by atoms with Gasteiger partial charge in [-0.05, 0) is 18.8 Å². The van der Waals surface area contributed by atoms with Gasteiger partial charge in [0.2, 0.25) is 5.82 Å². The third kappa shape index (κ3) is 2.80. The van der Waals surface area contributed by atoms with Crippen LogP contribution in [0.15, 0.2) is 6.20 Å². The Bertz CT molecular complexity index is 430. The number of nitrogens with zero attached hydrogens (tertiary/aromatic N) is 3. The van der Waals surface area contributed by atoms with Gasteiger partial charge in [0.1, 0.15) is 6.20 Å². The quantitative estimate of drug-likeness (QED) is 0.660. The smallest absolute Gasteiger partial charge is 0.330 e. The van der Waals surface area contributed by atoms with E-state index in [-0.39, 0.29) is 10.6 Å². The maximum Gasteiger partial charge on any atom is 0.330 e. The van der Waals surface area contributed by atoms with Gasteiger partial charge in [-0.1, -0.05) is 26.2 Å². The van der Waals surface area contributed by atoms with Crippen molar-refractivity contribution >= 4 is 11.5 Å². The molecule has 1 saturated carbocycles. The summed E-state index contributed by atoms with van der Waals surface area (Å²) in [4.78, 5) is 10.5. The second kappa shape index (κ2) is 5.37. The molecule has 2 unspecified atom stereocenters. The highest BCUT2D eigenvalue weighted by atomic mass is 16.6. The molecule has 1 aromatic rings. The van der Waals surface area contributed by atoms with E-state index in [2.05, 4.69) is 17.3 Å². The summed E-state index contributed by atoms with van der Waals surface area (Å²) in [6.07, 6.45) is 7.26. The maximum absolute atomic E-state index is 10.9. The number of nitrogens with one attached hydrogen (secondary N) is 1. The lowest BCUT2D eigenvalue weighted by Crippen LogP contribution is -2.27. The summed E-state index contributed by atoms with van der Waals surface area (Å²) < 4.78 is 1.49. The summed E-state index contributed by atoms with van der Waals surface area (Å²) in [5.74, 6) is 1.14. The van der Waals surface area contributed by atoms with E-state index in [1.165, 1.54) is 30.1 Å². The lowest BCUT2D eigenvalue weighted by Gasteiger charge is -2.28. The van der Waals surface area contributed by atoms with Gasteiger partial charge in [0.25, 0.3) is 0 Å². The molecule has 6 heteroatoms. The number of anilines is 1. The Balaban J connectivity index is 2.06. The van der Waals surface area contributed by atoms with E-state index in [1.54, 1.807) is 7.05 Å². The summed E-state index contributed by atoms with van der Waals surface area (Å²) in [6.45, 7) is 2.20. The van der Waals surface area contributed by atoms with Gasteiger partial charge in [0.05, 0.1) is 4.92 Å². The lowest BCUT2D eigenvalue weighted by atomic mass is 9.84. The first-order valence-corrected chi connectivity index (χ1v) is 6.54. The molecule has 0 amide bonds. The van der Waals surface area contributed by atoms with Crippen LogP contribution in [0.5, 0.6) is 0 Å². The first-order valence-electron chi connectivity index (χ1n) is 6.54. The molecule has 0 aromatic carbocycles. The number of aromatic nitrogens is 2. The maximum atomic E-state index is 10.9. The highest BCUT2D eigenvalue weighted by Crippen LogP contribution is 2.30. The molecule has 1 heterocycles. The van der Waals surface area contributed by atoms with Crippen molar-refractivity contribution in [2.24, 2.45) is 13.0 Å². The molecule has 1 fully saturated rings. The van der Waals surface area contributed by atoms with Crippen LogP contribution in [0.1, 0.15) is 39.0 Å². The van der Waals surface area contributed by atoms with Crippen molar-refractivity contribution in [3.05, 3.63) is 16.3 Å². The number of nitro groups is 1. The Morgan fingerprint density at radius 1 is 1.61 bits per heavy atom. The average Bonchev–Trinajstić information content (AvgIpc) is 2.70. The summed E-state index contributed by atoms with van der Waals surface area (Å²) >= 11 is 0. The molecule has 1 aliphatic carbocycles. The molecule has 100 valence electrons. The fraction of sp³-hybridized carbons (Fsp3) is 0.750. The van der Waals surface area contributed by atoms with Crippen molar-refractivity contribution in [2.75, 3.05) is 5.32 Å². The van der Waals surface area contributed by atoms with Gasteiger partial charge >= 0.3 is 5.69 Å². The highest BCUT2D eigenvalue weighted by molar-refractivity contribution is 5.55. The summed E-state index contributed by atoms with van der Waals surface area (Å²) in [5, 5.41) is 18.3. The summed E-state index contributed by atoms with van der Waals surface area (Å²) in [7, 11) is 1.70. The van der Waals surface area contributed by atoms with Crippen molar-refractivity contribution in [3.8, 4) is 0 Å². The highest BCUT2D eigenvalue weighted by Gasteiger charge is 2.25. The molecular formula is C12H20N4O2. The van der Waals surface area contributed by atoms with Gasteiger partial charge in [-0.3, -0.25) is 14.8 Å². The third-order valence-corrected chi connectivity index (χ3v) is 3.71. The van der Waals surface area contributed by atoms with E-state index in [1.807, 2.05) is 0 Å². The minimum atomic E-state index is -0.380. The van der Waals surface area contributed by atoms with E-state index in [0.717, 1.165) is 18.8 Å². The molecule has 18 heavy (non-hydrogen) atoms. The molecule has 0 spiro atoms. The molecule has 2 atom stereocenters. The van der Waals surface area contributed by atoms with Crippen molar-refractivity contribution < 1.29 is 4.92 Å². The minimum Gasteiger partial charge on any atom is -0.360 e. The second-order valence-corrected chi connectivity index (χ2v) is 5.08. The zero-order chi connectivity index (χ0) is 13.1. The number of aryl methyl sites for hydroxylation is 1. The van der Waals surface area contributed by atoms with Gasteiger partial charge in [-0.25, -0.2) is 0 Å². The van der Waals surface area contributed by atoms with Gasteiger partial charge in [0.15, 0.2) is 0 Å². The Kier molecular flexibility index (Phi) is 3.84. The van der Waals surface area contributed by atoms with Crippen LogP contribution in [0.4, 0.5) is 11.5 Å². The van der Waals surface area contributed by atoms with Crippen LogP contribution in [-0.4, -0.2) is 20.7 Å². The van der Waals surface area contributed by atoms with Crippen LogP contribution >= 0.6 is 0 Å². The summed E-state index contributed by atoms with van der Waals surface area (Å²) in [5.41, 5.74) is 0.0659. The van der Waals surface area contributed by atoms with Gasteiger partial charge in [-0.2, -0.15) is 0 Å². The van der Waals surface area contributed by atoms with Crippen molar-refractivity contribution in [3.63, 3.8) is 0 Å². The fourth-order valence-corrected chi connectivity index (χ4v) is 2.70. The van der Waals surface area contributed by atoms with Crippen molar-refractivity contribution in [1.29, 1.82) is 0 Å². The Morgan fingerprint density at radius 3 is 3.06 bits per heavy atom. The largest absolute Gasteiger partial charge is 0.360 e. The predicted molar refractivity (Wildman–Crippen MR) is 69.5 cm³/mol. The van der Waals surface area contributed by atoms with E-state index in [9.17, 15) is 10.1 Å². The number of hydrogen-bond acceptors (Lipinski definition) is 4. The van der Waals surface area contributed by atoms with Gasteiger partial charge in [0, 0.05) is 13.1 Å². The molecular weight excluding hydrogens is 232 g/mol. The SMILES string of the molecule is CCC1CCCC(Nc2nn(C)cc2[N+](=O)[O-])C1. The van der Waals surface area contributed by atoms with E-state index in [4.69, 9.17) is 0 Å². The van der Waals surface area contributed by atoms with Crippen LogP contribution in [0, 0.1) is 16.0 Å². The average molecular weight is 252 g/mol. The summed E-state index contributed by atoms with van der Waals surface area (Å²) in [6, 6.07) is 0.317. The van der Waals surface area contributed by atoms with E-state index in [0.29, 0.717) is 11.9 Å². The molecule has 1 N–H and O–H groups in total. The Hall–Kier alpha value is -1.59. The van der Waals surface area contributed by atoms with Crippen LogP contribution in [0.2, 0.25) is 0 Å². The molecule has 1 aliphatic rings. The molecule has 0 aliphatic heterocycles. The zero-order valence-electron chi connectivity index (χ0n) is 10.9. The second-order valence-electron chi connectivity index (χ2n) is 5.08. The Morgan fingerprint density at radius 2 is 2.39 bits per heavy atom. The van der Waals surface area contributed by atoms with Crippen molar-refractivity contribution in [2.45, 2.75) is 45.1 Å². The molecule has 2 rings (SSSR count). The molecule has 0 bridgehead atoms. The van der Waals surface area contributed by atoms with Gasteiger partial charge < -0.3 is 5.32 Å². The molecule has 0 saturated heterocycles. The van der Waals surface area contributed by atoms with Gasteiger partial charge in [-0.15, -0.1) is 5.10 Å². The fourth-order valence-electron chi connectivity index (χ4n) is 2.70. The minimum absolute atomic E-state index is 0.0659. The first-order chi connectivity index (χ1) is 8.60. The lowest BCUT2D eigenvalue weighted by molar-refractivity contribution is -0.384. The standard InChI is InChI=1S/C12H20N4O2/c1-3-9-5-4-6-10(7-9)13-12-11(16(17)18)8-15(2)14-12/h8-10H,3-7H2,1-2H3,(H,13,14). The van der Waals surface area contributed by atoms with E-state index < -0.39 is 0 Å². The molecule has 0 radical (unpaired) electrons.